The lowest BCUT2D eigenvalue weighted by molar-refractivity contribution is 0.597. The molecule has 9 heteroatoms. The lowest BCUT2D eigenvalue weighted by Gasteiger charge is -2.07. The minimum Gasteiger partial charge on any atom is -0.382 e. The Hall–Kier alpha value is -4.11. The molecule has 0 aliphatic heterocycles. The van der Waals surface area contributed by atoms with Crippen molar-refractivity contribution in [1.82, 2.24) is 14.6 Å². The SMILES string of the molecule is Cc1ccc(S(=O)(=O)c2c(N)n(/N=C/c3ccc(F)cc3)c3nc4ccccc4nc23)cc1C. The molecule has 2 aromatic heterocycles. The van der Waals surface area contributed by atoms with Crippen LogP contribution in [0.1, 0.15) is 16.7 Å². The molecular weight excluding hydrogens is 453 g/mol. The number of fused-ring (bicyclic) bond motifs is 2. The maximum atomic E-state index is 13.7. The summed E-state index contributed by atoms with van der Waals surface area (Å²) in [7, 11) is -4.04. The molecule has 0 spiro atoms. The molecule has 3 aromatic carbocycles. The normalized spacial score (nSPS) is 12.2. The maximum absolute atomic E-state index is 13.7. The van der Waals surface area contributed by atoms with Crippen LogP contribution in [-0.2, 0) is 9.84 Å². The van der Waals surface area contributed by atoms with Crippen molar-refractivity contribution in [3.05, 3.63) is 89.2 Å². The average Bonchev–Trinajstić information content (AvgIpc) is 3.09. The standard InChI is InChI=1S/C25H20FN5O2S/c1-15-7-12-19(13-16(15)2)34(32,33)23-22-25(30-21-6-4-3-5-20(21)29-22)31(24(23)27)28-14-17-8-10-18(26)11-9-17/h3-14H,27H2,1-2H3/b28-14+. The molecule has 0 bridgehead atoms. The molecule has 7 nitrogen and oxygen atoms in total. The summed E-state index contributed by atoms with van der Waals surface area (Å²) >= 11 is 0. The van der Waals surface area contributed by atoms with E-state index in [2.05, 4.69) is 15.1 Å². The van der Waals surface area contributed by atoms with Gasteiger partial charge in [0.2, 0.25) is 9.84 Å². The minimum atomic E-state index is -4.04. The first kappa shape index (κ1) is 21.7. The summed E-state index contributed by atoms with van der Waals surface area (Å²) < 4.78 is 42.0. The first-order valence-corrected chi connectivity index (χ1v) is 11.9. The molecule has 2 heterocycles. The van der Waals surface area contributed by atoms with Crippen molar-refractivity contribution in [2.75, 3.05) is 5.73 Å². The van der Waals surface area contributed by atoms with E-state index in [0.717, 1.165) is 11.1 Å². The molecule has 34 heavy (non-hydrogen) atoms. The van der Waals surface area contributed by atoms with Gasteiger partial charge in [0.15, 0.2) is 5.65 Å². The van der Waals surface area contributed by atoms with Crippen LogP contribution >= 0.6 is 0 Å². The topological polar surface area (TPSA) is 103 Å². The second-order valence-electron chi connectivity index (χ2n) is 7.96. The van der Waals surface area contributed by atoms with Crippen molar-refractivity contribution in [1.29, 1.82) is 0 Å². The van der Waals surface area contributed by atoms with Crippen LogP contribution in [0.25, 0.3) is 22.2 Å². The monoisotopic (exact) mass is 473 g/mol. The first-order chi connectivity index (χ1) is 16.3. The van der Waals surface area contributed by atoms with Crippen LogP contribution in [0.5, 0.6) is 0 Å². The molecule has 5 aromatic rings. The van der Waals surface area contributed by atoms with E-state index in [4.69, 9.17) is 5.73 Å². The third kappa shape index (κ3) is 3.60. The number of anilines is 1. The fourth-order valence-electron chi connectivity index (χ4n) is 3.68. The highest BCUT2D eigenvalue weighted by molar-refractivity contribution is 7.92. The van der Waals surface area contributed by atoms with E-state index < -0.39 is 9.84 Å². The van der Waals surface area contributed by atoms with Crippen molar-refractivity contribution < 1.29 is 12.8 Å². The molecule has 170 valence electrons. The van der Waals surface area contributed by atoms with Crippen molar-refractivity contribution in [2.45, 2.75) is 23.6 Å². The zero-order chi connectivity index (χ0) is 24.0. The smallest absolute Gasteiger partial charge is 0.212 e. The van der Waals surface area contributed by atoms with Gasteiger partial charge in [-0.15, -0.1) is 0 Å². The van der Waals surface area contributed by atoms with E-state index in [-0.39, 0.29) is 32.6 Å². The Bertz CT molecular complexity index is 1710. The van der Waals surface area contributed by atoms with Crippen LogP contribution in [0.4, 0.5) is 10.2 Å². The highest BCUT2D eigenvalue weighted by Crippen LogP contribution is 2.35. The van der Waals surface area contributed by atoms with Crippen LogP contribution in [0.15, 0.2) is 81.6 Å². The lowest BCUT2D eigenvalue weighted by Crippen LogP contribution is -2.07. The number of halogens is 1. The molecule has 0 fully saturated rings. The Morgan fingerprint density at radius 1 is 0.941 bits per heavy atom. The van der Waals surface area contributed by atoms with E-state index in [9.17, 15) is 12.8 Å². The van der Waals surface area contributed by atoms with Crippen LogP contribution in [0.3, 0.4) is 0 Å². The molecule has 0 aliphatic rings. The third-order valence-electron chi connectivity index (χ3n) is 5.68. The van der Waals surface area contributed by atoms with E-state index in [1.165, 1.54) is 23.0 Å². The first-order valence-electron chi connectivity index (χ1n) is 10.4. The van der Waals surface area contributed by atoms with Gasteiger partial charge in [-0.1, -0.05) is 30.3 Å². The molecule has 0 saturated carbocycles. The third-order valence-corrected chi connectivity index (χ3v) is 7.49. The van der Waals surface area contributed by atoms with Crippen molar-refractivity contribution in [2.24, 2.45) is 5.10 Å². The number of nitrogens with zero attached hydrogens (tertiary/aromatic N) is 4. The lowest BCUT2D eigenvalue weighted by atomic mass is 10.1. The van der Waals surface area contributed by atoms with Gasteiger partial charge in [-0.3, -0.25) is 0 Å². The fourth-order valence-corrected chi connectivity index (χ4v) is 5.24. The summed E-state index contributed by atoms with van der Waals surface area (Å²) in [5.41, 5.74) is 10.3. The van der Waals surface area contributed by atoms with Crippen molar-refractivity contribution in [3.63, 3.8) is 0 Å². The van der Waals surface area contributed by atoms with Gasteiger partial charge in [0, 0.05) is 0 Å². The van der Waals surface area contributed by atoms with Crippen molar-refractivity contribution >= 4 is 44.1 Å². The predicted molar refractivity (Wildman–Crippen MR) is 130 cm³/mol. The number of aryl methyl sites for hydroxylation is 2. The van der Waals surface area contributed by atoms with E-state index >= 15 is 0 Å². The summed E-state index contributed by atoms with van der Waals surface area (Å²) in [5.74, 6) is -0.482. The average molecular weight is 474 g/mol. The number of aromatic nitrogens is 3. The van der Waals surface area contributed by atoms with Crippen LogP contribution < -0.4 is 5.73 Å². The van der Waals surface area contributed by atoms with Crippen LogP contribution in [-0.4, -0.2) is 29.3 Å². The summed E-state index contributed by atoms with van der Waals surface area (Å²) in [6.07, 6.45) is 1.46. The number of hydrogen-bond acceptors (Lipinski definition) is 6. The zero-order valence-electron chi connectivity index (χ0n) is 18.4. The Kier molecular flexibility index (Phi) is 5.13. The molecule has 0 saturated heterocycles. The highest BCUT2D eigenvalue weighted by Gasteiger charge is 2.30. The number of nitrogen functional groups attached to an aromatic ring is 1. The number of benzene rings is 3. The van der Waals surface area contributed by atoms with Gasteiger partial charge in [0.1, 0.15) is 22.0 Å². The van der Waals surface area contributed by atoms with Gasteiger partial charge in [-0.2, -0.15) is 9.78 Å². The van der Waals surface area contributed by atoms with Gasteiger partial charge >= 0.3 is 0 Å². The second kappa shape index (κ2) is 8.03. The summed E-state index contributed by atoms with van der Waals surface area (Å²) in [4.78, 5) is 9.16. The number of rotatable bonds is 4. The Balaban J connectivity index is 1.79. The van der Waals surface area contributed by atoms with Gasteiger partial charge < -0.3 is 5.73 Å². The minimum absolute atomic E-state index is 0.109. The molecule has 2 N–H and O–H groups in total. The zero-order valence-corrected chi connectivity index (χ0v) is 19.2. The summed E-state index contributed by atoms with van der Waals surface area (Å²) in [6.45, 7) is 3.76. The largest absolute Gasteiger partial charge is 0.382 e. The van der Waals surface area contributed by atoms with Gasteiger partial charge in [-0.05, 0) is 66.9 Å². The molecular formula is C25H20FN5O2S. The molecule has 5 rings (SSSR count). The quantitative estimate of drug-likeness (QED) is 0.383. The molecule has 0 amide bonds. The highest BCUT2D eigenvalue weighted by atomic mass is 32.2. The van der Waals surface area contributed by atoms with Crippen LogP contribution in [0, 0.1) is 19.7 Å². The summed E-state index contributed by atoms with van der Waals surface area (Å²) in [6, 6.07) is 17.8. The van der Waals surface area contributed by atoms with E-state index in [1.54, 1.807) is 48.5 Å². The molecule has 0 unspecified atom stereocenters. The Morgan fingerprint density at radius 3 is 2.29 bits per heavy atom. The Labute approximate surface area is 195 Å². The van der Waals surface area contributed by atoms with Gasteiger partial charge in [-0.25, -0.2) is 22.8 Å². The second-order valence-corrected chi connectivity index (χ2v) is 9.84. The Morgan fingerprint density at radius 2 is 1.62 bits per heavy atom. The predicted octanol–water partition coefficient (Wildman–Crippen LogP) is 4.64. The van der Waals surface area contributed by atoms with Gasteiger partial charge in [0.05, 0.1) is 22.1 Å². The van der Waals surface area contributed by atoms with Gasteiger partial charge in [0.25, 0.3) is 0 Å². The number of sulfone groups is 1. The fraction of sp³-hybridized carbons (Fsp3) is 0.0800. The van der Waals surface area contributed by atoms with E-state index in [1.807, 2.05) is 19.9 Å². The molecule has 0 atom stereocenters. The number of hydrogen-bond donors (Lipinski definition) is 1. The number of para-hydroxylation sites is 2. The summed E-state index contributed by atoms with van der Waals surface area (Å²) in [5, 5.41) is 4.38. The van der Waals surface area contributed by atoms with Crippen molar-refractivity contribution in [3.8, 4) is 0 Å². The molecule has 0 aliphatic carbocycles. The maximum Gasteiger partial charge on any atom is 0.212 e. The molecule has 0 radical (unpaired) electrons. The van der Waals surface area contributed by atoms with Crippen LogP contribution in [0.2, 0.25) is 0 Å². The van der Waals surface area contributed by atoms with E-state index in [0.29, 0.717) is 16.6 Å². The number of nitrogens with two attached hydrogens (primary N) is 1.